The molecule has 0 radical (unpaired) electrons. The average Bonchev–Trinajstić information content (AvgIpc) is 3.03. The summed E-state index contributed by atoms with van der Waals surface area (Å²) in [5.74, 6) is 2.10. The van der Waals surface area contributed by atoms with Crippen LogP contribution >= 0.6 is 18.9 Å². The molecule has 1 spiro atoms. The normalized spacial score (nSPS) is 42.2. The Hall–Kier alpha value is -0.950. The van der Waals surface area contributed by atoms with Gasteiger partial charge in [0.05, 0.1) is 4.88 Å². The van der Waals surface area contributed by atoms with Crippen molar-refractivity contribution in [1.82, 2.24) is 0 Å². The van der Waals surface area contributed by atoms with Crippen LogP contribution in [0, 0.1) is 23.7 Å². The van der Waals surface area contributed by atoms with Gasteiger partial charge >= 0.3 is 7.60 Å². The van der Waals surface area contributed by atoms with Gasteiger partial charge in [0.15, 0.2) is 5.60 Å². The molecule has 5 aliphatic rings. The van der Waals surface area contributed by atoms with E-state index in [1.165, 1.54) is 38.8 Å². The lowest BCUT2D eigenvalue weighted by Crippen LogP contribution is -2.76. The monoisotopic (exact) mass is 436 g/mol. The van der Waals surface area contributed by atoms with Crippen LogP contribution in [0.15, 0.2) is 24.3 Å². The van der Waals surface area contributed by atoms with Gasteiger partial charge < -0.3 is 14.2 Å². The van der Waals surface area contributed by atoms with E-state index in [2.05, 4.69) is 6.07 Å². The minimum absolute atomic E-state index is 0.386. The number of rotatable bonds is 4. The van der Waals surface area contributed by atoms with Crippen molar-refractivity contribution in [2.24, 2.45) is 23.7 Å². The lowest BCUT2D eigenvalue weighted by molar-refractivity contribution is -0.644. The molecule has 6 nitrogen and oxygen atoms in total. The van der Waals surface area contributed by atoms with Crippen molar-refractivity contribution in [3.8, 4) is 5.75 Å². The second-order valence-corrected chi connectivity index (χ2v) is 12.2. The smallest absolute Gasteiger partial charge is 0.373 e. The van der Waals surface area contributed by atoms with Gasteiger partial charge in [0.25, 0.3) is 5.79 Å². The van der Waals surface area contributed by atoms with Crippen LogP contribution in [0.5, 0.6) is 5.75 Å². The first-order chi connectivity index (χ1) is 13.8. The molecule has 1 saturated heterocycles. The Kier molecular flexibility index (Phi) is 3.92. The Labute approximate surface area is 173 Å². The zero-order chi connectivity index (χ0) is 20.0. The fraction of sp³-hybridized carbons (Fsp3) is 0.619. The van der Waals surface area contributed by atoms with Crippen molar-refractivity contribution in [1.29, 1.82) is 0 Å². The van der Waals surface area contributed by atoms with Gasteiger partial charge in [-0.3, -0.25) is 0 Å². The second-order valence-electron chi connectivity index (χ2n) is 9.29. The molecule has 1 aromatic heterocycles. The van der Waals surface area contributed by atoms with E-state index >= 15 is 0 Å². The highest BCUT2D eigenvalue weighted by Gasteiger charge is 2.77. The van der Waals surface area contributed by atoms with Crippen molar-refractivity contribution in [3.05, 3.63) is 29.1 Å². The largest absolute Gasteiger partial charge is 0.425 e. The van der Waals surface area contributed by atoms with Crippen LogP contribution in [0.4, 0.5) is 0 Å². The van der Waals surface area contributed by atoms with Crippen LogP contribution in [0.2, 0.25) is 0 Å². The van der Waals surface area contributed by atoms with Gasteiger partial charge in [-0.25, -0.2) is 9.45 Å². The van der Waals surface area contributed by atoms with Crippen LogP contribution in [0.1, 0.15) is 37.0 Å². The Morgan fingerprint density at radius 2 is 1.79 bits per heavy atom. The molecule has 5 fully saturated rings. The summed E-state index contributed by atoms with van der Waals surface area (Å²) in [5.41, 5.74) is -0.403. The summed E-state index contributed by atoms with van der Waals surface area (Å²) in [6.07, 6.45) is 6.18. The van der Waals surface area contributed by atoms with Gasteiger partial charge in [0.1, 0.15) is 5.75 Å². The Bertz CT molecular complexity index is 995. The molecule has 1 aromatic carbocycles. The molecule has 156 valence electrons. The van der Waals surface area contributed by atoms with Crippen molar-refractivity contribution in [3.63, 3.8) is 0 Å². The third-order valence-electron chi connectivity index (χ3n) is 7.54. The van der Waals surface area contributed by atoms with Crippen LogP contribution < -0.4 is 4.52 Å². The van der Waals surface area contributed by atoms with Crippen molar-refractivity contribution >= 4 is 29.0 Å². The molecule has 29 heavy (non-hydrogen) atoms. The maximum atomic E-state index is 11.6. The van der Waals surface area contributed by atoms with Crippen molar-refractivity contribution in [2.45, 2.75) is 43.5 Å². The molecule has 4 aliphatic carbocycles. The molecule has 2 heterocycles. The summed E-state index contributed by atoms with van der Waals surface area (Å²) < 4.78 is 24.0. The van der Waals surface area contributed by atoms with E-state index in [1.807, 2.05) is 6.07 Å². The Balaban J connectivity index is 1.41. The molecule has 4 saturated carbocycles. The Morgan fingerprint density at radius 3 is 2.34 bits per heavy atom. The SMILES string of the molecule is COC1(c2cc3cc(OP(C)(=O)O)ccc3s2)OOC12C1CC3CC(C1)CC2C3. The molecule has 4 bridgehead atoms. The summed E-state index contributed by atoms with van der Waals surface area (Å²) in [7, 11) is -1.88. The summed E-state index contributed by atoms with van der Waals surface area (Å²) in [6, 6.07) is 7.50. The topological polar surface area (TPSA) is 74.2 Å². The minimum Gasteiger partial charge on any atom is -0.425 e. The number of hydrogen-bond donors (Lipinski definition) is 1. The van der Waals surface area contributed by atoms with Crippen LogP contribution in [0.3, 0.4) is 0 Å². The van der Waals surface area contributed by atoms with E-state index < -0.39 is 19.0 Å². The maximum Gasteiger partial charge on any atom is 0.373 e. The highest BCUT2D eigenvalue weighted by molar-refractivity contribution is 7.52. The first kappa shape index (κ1) is 18.8. The standard InChI is InChI=1S/C21H25O6PS/c1-24-21(19-11-14-10-17(25-28(2,22)23)3-4-18(14)29-19)20(26-27-21)15-6-12-5-13(8-15)9-16(20)7-12/h3-4,10-13,15-16H,5-9H2,1-2H3,(H,22,23). The van der Waals surface area contributed by atoms with E-state index in [9.17, 15) is 9.46 Å². The third kappa shape index (κ3) is 2.52. The van der Waals surface area contributed by atoms with E-state index in [4.69, 9.17) is 19.0 Å². The predicted molar refractivity (Wildman–Crippen MR) is 109 cm³/mol. The summed E-state index contributed by atoms with van der Waals surface area (Å²) >= 11 is 1.63. The number of benzene rings is 1. The Morgan fingerprint density at radius 1 is 1.10 bits per heavy atom. The van der Waals surface area contributed by atoms with Crippen molar-refractivity contribution in [2.75, 3.05) is 13.8 Å². The number of methoxy groups -OCH3 is 1. The third-order valence-corrected chi connectivity index (χ3v) is 9.28. The highest BCUT2D eigenvalue weighted by atomic mass is 32.1. The van der Waals surface area contributed by atoms with Crippen LogP contribution in [0.25, 0.3) is 10.1 Å². The summed E-state index contributed by atoms with van der Waals surface area (Å²) in [6.45, 7) is 1.19. The molecule has 1 N–H and O–H groups in total. The highest BCUT2D eigenvalue weighted by Crippen LogP contribution is 2.70. The molecule has 8 heteroatoms. The van der Waals surface area contributed by atoms with Crippen LogP contribution in [-0.4, -0.2) is 24.3 Å². The van der Waals surface area contributed by atoms with Crippen molar-refractivity contribution < 1.29 is 28.5 Å². The van der Waals surface area contributed by atoms with E-state index in [-0.39, 0.29) is 0 Å². The van der Waals surface area contributed by atoms with Gasteiger partial charge in [0.2, 0.25) is 0 Å². The van der Waals surface area contributed by atoms with E-state index in [0.29, 0.717) is 17.6 Å². The number of thiophene rings is 1. The van der Waals surface area contributed by atoms with E-state index in [1.54, 1.807) is 30.6 Å². The summed E-state index contributed by atoms with van der Waals surface area (Å²) in [4.78, 5) is 22.4. The van der Waals surface area contributed by atoms with E-state index in [0.717, 1.165) is 26.8 Å². The molecule has 2 aromatic rings. The second kappa shape index (κ2) is 6.06. The van der Waals surface area contributed by atoms with Gasteiger partial charge in [0, 0.05) is 18.5 Å². The fourth-order valence-electron chi connectivity index (χ4n) is 6.74. The molecule has 2 atom stereocenters. The fourth-order valence-corrected chi connectivity index (χ4v) is 8.45. The summed E-state index contributed by atoms with van der Waals surface area (Å²) in [5, 5.41) is 0.946. The van der Waals surface area contributed by atoms with Crippen LogP contribution in [-0.2, 0) is 24.9 Å². The number of ether oxygens (including phenoxy) is 1. The molecule has 0 amide bonds. The molecule has 1 aliphatic heterocycles. The average molecular weight is 436 g/mol. The molecular weight excluding hydrogens is 411 g/mol. The molecule has 2 unspecified atom stereocenters. The first-order valence-electron chi connectivity index (χ1n) is 10.3. The quantitative estimate of drug-likeness (QED) is 0.534. The van der Waals surface area contributed by atoms with Gasteiger partial charge in [-0.1, -0.05) is 0 Å². The molecule has 7 rings (SSSR count). The van der Waals surface area contributed by atoms with Gasteiger partial charge in [-0.05, 0) is 85.4 Å². The lowest BCUT2D eigenvalue weighted by Gasteiger charge is -2.68. The lowest BCUT2D eigenvalue weighted by atomic mass is 9.47. The maximum absolute atomic E-state index is 11.6. The van der Waals surface area contributed by atoms with Gasteiger partial charge in [-0.2, -0.15) is 4.89 Å². The zero-order valence-corrected chi connectivity index (χ0v) is 18.2. The minimum atomic E-state index is -3.60. The van der Waals surface area contributed by atoms with Gasteiger partial charge in [-0.15, -0.1) is 11.3 Å². The first-order valence-corrected chi connectivity index (χ1v) is 13.1. The predicted octanol–water partition coefficient (Wildman–Crippen LogP) is 5.05. The number of fused-ring (bicyclic) bond motifs is 1. The molecular formula is C21H25O6PS. The zero-order valence-electron chi connectivity index (χ0n) is 16.5. The number of hydrogen-bond acceptors (Lipinski definition) is 6.